The molecule has 0 radical (unpaired) electrons. The first kappa shape index (κ1) is 18.1. The molecule has 1 aliphatic rings. The van der Waals surface area contributed by atoms with Gasteiger partial charge in [0.25, 0.3) is 5.91 Å². The molecule has 136 valence electrons. The van der Waals surface area contributed by atoms with Crippen LogP contribution in [0.4, 0.5) is 11.4 Å². The molecule has 2 amide bonds. The van der Waals surface area contributed by atoms with Crippen molar-refractivity contribution in [1.29, 1.82) is 0 Å². The number of carbonyl (C=O) groups is 2. The number of carbonyl (C=O) groups excluding carboxylic acids is 2. The van der Waals surface area contributed by atoms with Crippen LogP contribution in [0.1, 0.15) is 13.8 Å². The number of rotatable bonds is 4. The van der Waals surface area contributed by atoms with E-state index in [-0.39, 0.29) is 25.0 Å². The van der Waals surface area contributed by atoms with Crippen molar-refractivity contribution >= 4 is 34.8 Å². The Labute approximate surface area is 156 Å². The molecule has 1 heterocycles. The number of ether oxygens (including phenoxy) is 2. The highest BCUT2D eigenvalue weighted by Gasteiger charge is 2.32. The number of amides is 2. The normalized spacial score (nSPS) is 15.1. The number of hydrogen-bond donors (Lipinski definition) is 2. The van der Waals surface area contributed by atoms with E-state index in [2.05, 4.69) is 10.6 Å². The van der Waals surface area contributed by atoms with Crippen LogP contribution in [0, 0.1) is 5.41 Å². The summed E-state index contributed by atoms with van der Waals surface area (Å²) >= 11 is 5.81. The second kappa shape index (κ2) is 7.25. The fourth-order valence-corrected chi connectivity index (χ4v) is 2.44. The molecule has 0 atom stereocenters. The van der Waals surface area contributed by atoms with E-state index in [4.69, 9.17) is 21.1 Å². The zero-order valence-corrected chi connectivity index (χ0v) is 15.2. The van der Waals surface area contributed by atoms with Gasteiger partial charge in [0, 0.05) is 16.8 Å². The first-order valence-electron chi connectivity index (χ1n) is 8.10. The zero-order chi connectivity index (χ0) is 18.7. The summed E-state index contributed by atoms with van der Waals surface area (Å²) in [5.41, 5.74) is 0.507. The SMILES string of the molecule is CC1(C)COc2cc(NC(=O)COc3ccc(Cl)cc3)ccc2NC1=O. The van der Waals surface area contributed by atoms with Crippen LogP contribution in [0.15, 0.2) is 42.5 Å². The Kier molecular flexibility index (Phi) is 5.04. The molecule has 1 aliphatic heterocycles. The molecule has 0 spiro atoms. The van der Waals surface area contributed by atoms with Gasteiger partial charge in [-0.3, -0.25) is 9.59 Å². The zero-order valence-electron chi connectivity index (χ0n) is 14.5. The van der Waals surface area contributed by atoms with Gasteiger partial charge in [0.1, 0.15) is 18.1 Å². The third-order valence-corrected chi connectivity index (χ3v) is 4.15. The number of anilines is 2. The highest BCUT2D eigenvalue weighted by Crippen LogP contribution is 2.34. The largest absolute Gasteiger partial charge is 0.490 e. The van der Waals surface area contributed by atoms with Crippen LogP contribution >= 0.6 is 11.6 Å². The maximum absolute atomic E-state index is 12.1. The fraction of sp³-hybridized carbons (Fsp3) is 0.263. The summed E-state index contributed by atoms with van der Waals surface area (Å²) in [7, 11) is 0. The van der Waals surface area contributed by atoms with Gasteiger partial charge in [-0.1, -0.05) is 11.6 Å². The summed E-state index contributed by atoms with van der Waals surface area (Å²) in [4.78, 5) is 24.2. The monoisotopic (exact) mass is 374 g/mol. The van der Waals surface area contributed by atoms with Crippen LogP contribution in [0.5, 0.6) is 11.5 Å². The Hall–Kier alpha value is -2.73. The minimum absolute atomic E-state index is 0.107. The molecule has 0 fully saturated rings. The summed E-state index contributed by atoms with van der Waals surface area (Å²) in [6, 6.07) is 11.8. The Balaban J connectivity index is 1.62. The van der Waals surface area contributed by atoms with Gasteiger partial charge in [-0.15, -0.1) is 0 Å². The molecule has 0 aromatic heterocycles. The van der Waals surface area contributed by atoms with Crippen molar-refractivity contribution in [3.05, 3.63) is 47.5 Å². The van der Waals surface area contributed by atoms with Crippen molar-refractivity contribution in [1.82, 2.24) is 0 Å². The van der Waals surface area contributed by atoms with Gasteiger partial charge in [-0.25, -0.2) is 0 Å². The van der Waals surface area contributed by atoms with E-state index in [0.717, 1.165) is 0 Å². The molecule has 0 saturated heterocycles. The lowest BCUT2D eigenvalue weighted by molar-refractivity contribution is -0.125. The van der Waals surface area contributed by atoms with Crippen LogP contribution in [0.2, 0.25) is 5.02 Å². The van der Waals surface area contributed by atoms with Crippen molar-refractivity contribution in [3.8, 4) is 11.5 Å². The standard InChI is InChI=1S/C19H19ClN2O4/c1-19(2)11-26-16-9-13(5-8-15(16)22-18(19)24)21-17(23)10-25-14-6-3-12(20)4-7-14/h3-9H,10-11H2,1-2H3,(H,21,23)(H,22,24). The molecular formula is C19H19ClN2O4. The minimum Gasteiger partial charge on any atom is -0.490 e. The van der Waals surface area contributed by atoms with Crippen LogP contribution in [0.25, 0.3) is 0 Å². The molecule has 7 heteroatoms. The van der Waals surface area contributed by atoms with Crippen LogP contribution in [0.3, 0.4) is 0 Å². The molecule has 2 aromatic carbocycles. The summed E-state index contributed by atoms with van der Waals surface area (Å²) in [6.45, 7) is 3.74. The highest BCUT2D eigenvalue weighted by molar-refractivity contribution is 6.30. The van der Waals surface area contributed by atoms with E-state index in [1.807, 2.05) is 13.8 Å². The van der Waals surface area contributed by atoms with Crippen molar-refractivity contribution in [2.45, 2.75) is 13.8 Å². The molecule has 2 aromatic rings. The van der Waals surface area contributed by atoms with Gasteiger partial charge in [0.05, 0.1) is 11.1 Å². The first-order chi connectivity index (χ1) is 12.3. The molecule has 26 heavy (non-hydrogen) atoms. The van der Waals surface area contributed by atoms with Crippen LogP contribution in [-0.4, -0.2) is 25.0 Å². The van der Waals surface area contributed by atoms with E-state index < -0.39 is 5.41 Å². The summed E-state index contributed by atoms with van der Waals surface area (Å²) in [5.74, 6) is 0.655. The van der Waals surface area contributed by atoms with Crippen molar-refractivity contribution < 1.29 is 19.1 Å². The van der Waals surface area contributed by atoms with Gasteiger partial charge >= 0.3 is 0 Å². The number of benzene rings is 2. The van der Waals surface area contributed by atoms with Gasteiger partial charge < -0.3 is 20.1 Å². The minimum atomic E-state index is -0.630. The van der Waals surface area contributed by atoms with Gasteiger partial charge in [0.2, 0.25) is 5.91 Å². The van der Waals surface area contributed by atoms with Gasteiger partial charge in [-0.05, 0) is 50.2 Å². The molecule has 2 N–H and O–H groups in total. The lowest BCUT2D eigenvalue weighted by atomic mass is 9.94. The Morgan fingerprint density at radius 3 is 2.73 bits per heavy atom. The predicted octanol–water partition coefficient (Wildman–Crippen LogP) is 3.71. The Morgan fingerprint density at radius 1 is 1.27 bits per heavy atom. The number of halogens is 1. The molecule has 0 unspecified atom stereocenters. The average molecular weight is 375 g/mol. The van der Waals surface area contributed by atoms with E-state index in [1.54, 1.807) is 42.5 Å². The molecule has 0 aliphatic carbocycles. The van der Waals surface area contributed by atoms with Gasteiger partial charge in [-0.2, -0.15) is 0 Å². The van der Waals surface area contributed by atoms with E-state index >= 15 is 0 Å². The summed E-state index contributed by atoms with van der Waals surface area (Å²) in [6.07, 6.45) is 0. The van der Waals surface area contributed by atoms with E-state index in [1.165, 1.54) is 0 Å². The maximum Gasteiger partial charge on any atom is 0.262 e. The second-order valence-electron chi connectivity index (χ2n) is 6.63. The molecule has 0 bridgehead atoms. The Bertz CT molecular complexity index is 834. The van der Waals surface area contributed by atoms with Crippen LogP contribution < -0.4 is 20.1 Å². The molecule has 3 rings (SSSR count). The third-order valence-electron chi connectivity index (χ3n) is 3.90. The number of hydrogen-bond acceptors (Lipinski definition) is 4. The third kappa shape index (κ3) is 4.26. The molecule has 0 saturated carbocycles. The summed E-state index contributed by atoms with van der Waals surface area (Å²) < 4.78 is 11.1. The molecule has 6 nitrogen and oxygen atoms in total. The maximum atomic E-state index is 12.1. The number of nitrogens with one attached hydrogen (secondary N) is 2. The van der Waals surface area contributed by atoms with Gasteiger partial charge in [0.15, 0.2) is 6.61 Å². The first-order valence-corrected chi connectivity index (χ1v) is 8.48. The summed E-state index contributed by atoms with van der Waals surface area (Å²) in [5, 5.41) is 6.17. The highest BCUT2D eigenvalue weighted by atomic mass is 35.5. The Morgan fingerprint density at radius 2 is 2.00 bits per heavy atom. The fourth-order valence-electron chi connectivity index (χ4n) is 2.31. The van der Waals surface area contributed by atoms with E-state index in [9.17, 15) is 9.59 Å². The lowest BCUT2D eigenvalue weighted by Crippen LogP contribution is -2.33. The predicted molar refractivity (Wildman–Crippen MR) is 99.9 cm³/mol. The topological polar surface area (TPSA) is 76.7 Å². The second-order valence-corrected chi connectivity index (χ2v) is 7.06. The number of fused-ring (bicyclic) bond motifs is 1. The van der Waals surface area contributed by atoms with Crippen LogP contribution in [-0.2, 0) is 9.59 Å². The average Bonchev–Trinajstić information content (AvgIpc) is 2.71. The molecular weight excluding hydrogens is 356 g/mol. The van der Waals surface area contributed by atoms with E-state index in [0.29, 0.717) is 27.9 Å². The van der Waals surface area contributed by atoms with Crippen molar-refractivity contribution in [2.75, 3.05) is 23.8 Å². The smallest absolute Gasteiger partial charge is 0.262 e. The lowest BCUT2D eigenvalue weighted by Gasteiger charge is -2.18. The van der Waals surface area contributed by atoms with Crippen molar-refractivity contribution in [3.63, 3.8) is 0 Å². The quantitative estimate of drug-likeness (QED) is 0.855. The van der Waals surface area contributed by atoms with Crippen molar-refractivity contribution in [2.24, 2.45) is 5.41 Å².